The predicted molar refractivity (Wildman–Crippen MR) is 62.4 cm³/mol. The number of hydrogen-bond acceptors (Lipinski definition) is 3. The van der Waals surface area contributed by atoms with Gasteiger partial charge in [-0.2, -0.15) is 0 Å². The van der Waals surface area contributed by atoms with E-state index in [1.54, 1.807) is 24.3 Å². The maximum Gasteiger partial charge on any atom is 0.221 e. The lowest BCUT2D eigenvalue weighted by Crippen LogP contribution is -2.19. The summed E-state index contributed by atoms with van der Waals surface area (Å²) in [6.45, 7) is 1.42. The third kappa shape index (κ3) is 3.48. The summed E-state index contributed by atoms with van der Waals surface area (Å²) in [6, 6.07) is 6.57. The average molecular weight is 244 g/mol. The molecule has 88 valence electrons. The first-order chi connectivity index (χ1) is 7.54. The molecule has 16 heavy (non-hydrogen) atoms. The standard InChI is InChI=1S/C11H14ClNO3/c1-7(14)13-9-4-2-8(3-5-9)11(16)10(15)6-12/h2-5,10-11,15-16H,6H2,1H3,(H,13,14). The normalized spacial score (nSPS) is 14.2. The number of amides is 1. The highest BCUT2D eigenvalue weighted by Crippen LogP contribution is 2.19. The van der Waals surface area contributed by atoms with Crippen LogP contribution >= 0.6 is 11.6 Å². The number of aliphatic hydroxyl groups is 2. The molecule has 0 radical (unpaired) electrons. The Bertz CT molecular complexity index is 353. The first kappa shape index (κ1) is 13.0. The number of halogens is 1. The van der Waals surface area contributed by atoms with Crippen molar-refractivity contribution in [1.29, 1.82) is 0 Å². The molecule has 0 spiro atoms. The molecule has 3 N–H and O–H groups in total. The Morgan fingerprint density at radius 2 is 1.94 bits per heavy atom. The van der Waals surface area contributed by atoms with E-state index in [-0.39, 0.29) is 11.8 Å². The second kappa shape index (κ2) is 5.84. The Labute approximate surface area is 98.9 Å². The molecule has 0 saturated heterocycles. The third-order valence-corrected chi connectivity index (χ3v) is 2.41. The van der Waals surface area contributed by atoms with Gasteiger partial charge in [0.05, 0.1) is 12.0 Å². The molecule has 1 aromatic rings. The molecule has 2 unspecified atom stereocenters. The molecule has 0 saturated carbocycles. The van der Waals surface area contributed by atoms with Crippen molar-refractivity contribution in [1.82, 2.24) is 0 Å². The summed E-state index contributed by atoms with van der Waals surface area (Å²) in [5, 5.41) is 21.6. The van der Waals surface area contributed by atoms with Crippen molar-refractivity contribution < 1.29 is 15.0 Å². The molecule has 2 atom stereocenters. The Morgan fingerprint density at radius 1 is 1.38 bits per heavy atom. The molecule has 4 nitrogen and oxygen atoms in total. The summed E-state index contributed by atoms with van der Waals surface area (Å²) < 4.78 is 0. The van der Waals surface area contributed by atoms with Crippen LogP contribution in [0.1, 0.15) is 18.6 Å². The third-order valence-electron chi connectivity index (χ3n) is 2.10. The molecule has 1 aromatic carbocycles. The Kier molecular flexibility index (Phi) is 4.73. The fourth-order valence-corrected chi connectivity index (χ4v) is 1.44. The van der Waals surface area contributed by atoms with E-state index in [1.807, 2.05) is 0 Å². The van der Waals surface area contributed by atoms with Gasteiger partial charge < -0.3 is 15.5 Å². The Hall–Kier alpha value is -1.10. The highest BCUT2D eigenvalue weighted by atomic mass is 35.5. The van der Waals surface area contributed by atoms with Crippen molar-refractivity contribution in [2.24, 2.45) is 0 Å². The molecule has 0 aliphatic heterocycles. The van der Waals surface area contributed by atoms with Gasteiger partial charge in [-0.15, -0.1) is 11.6 Å². The van der Waals surface area contributed by atoms with Gasteiger partial charge in [0.1, 0.15) is 6.10 Å². The lowest BCUT2D eigenvalue weighted by atomic mass is 10.1. The van der Waals surface area contributed by atoms with E-state index < -0.39 is 12.2 Å². The number of hydrogen-bond donors (Lipinski definition) is 3. The summed E-state index contributed by atoms with van der Waals surface area (Å²) in [5.41, 5.74) is 1.20. The Balaban J connectivity index is 2.74. The van der Waals surface area contributed by atoms with Gasteiger partial charge in [-0.3, -0.25) is 4.79 Å². The molecule has 0 aliphatic carbocycles. The fourth-order valence-electron chi connectivity index (χ4n) is 1.27. The molecule has 1 rings (SSSR count). The molecule has 1 amide bonds. The maximum atomic E-state index is 10.8. The fraction of sp³-hybridized carbons (Fsp3) is 0.364. The van der Waals surface area contributed by atoms with Crippen molar-refractivity contribution in [3.8, 4) is 0 Å². The van der Waals surface area contributed by atoms with Gasteiger partial charge in [0.2, 0.25) is 5.91 Å². The van der Waals surface area contributed by atoms with Crippen molar-refractivity contribution in [3.63, 3.8) is 0 Å². The minimum Gasteiger partial charge on any atom is -0.389 e. The van der Waals surface area contributed by atoms with Crippen LogP contribution in [0.15, 0.2) is 24.3 Å². The van der Waals surface area contributed by atoms with E-state index in [1.165, 1.54) is 6.92 Å². The lowest BCUT2D eigenvalue weighted by Gasteiger charge is -2.15. The van der Waals surface area contributed by atoms with Crippen molar-refractivity contribution in [3.05, 3.63) is 29.8 Å². The monoisotopic (exact) mass is 243 g/mol. The SMILES string of the molecule is CC(=O)Nc1ccc(C(O)C(O)CCl)cc1. The summed E-state index contributed by atoms with van der Waals surface area (Å²) >= 11 is 5.43. The van der Waals surface area contributed by atoms with Crippen LogP contribution in [0.5, 0.6) is 0 Å². The summed E-state index contributed by atoms with van der Waals surface area (Å²) in [7, 11) is 0. The minimum atomic E-state index is -1.01. The zero-order chi connectivity index (χ0) is 12.1. The van der Waals surface area contributed by atoms with Crippen molar-refractivity contribution in [2.75, 3.05) is 11.2 Å². The van der Waals surface area contributed by atoms with Crippen LogP contribution in [-0.2, 0) is 4.79 Å². The zero-order valence-electron chi connectivity index (χ0n) is 8.85. The van der Waals surface area contributed by atoms with E-state index in [4.69, 9.17) is 11.6 Å². The van der Waals surface area contributed by atoms with E-state index in [0.717, 1.165) is 0 Å². The molecule has 5 heteroatoms. The average Bonchev–Trinajstić information content (AvgIpc) is 2.27. The number of nitrogens with one attached hydrogen (secondary N) is 1. The van der Waals surface area contributed by atoms with Gasteiger partial charge >= 0.3 is 0 Å². The maximum absolute atomic E-state index is 10.8. The highest BCUT2D eigenvalue weighted by molar-refractivity contribution is 6.18. The topological polar surface area (TPSA) is 69.6 Å². The minimum absolute atomic E-state index is 0.0331. The number of aliphatic hydroxyl groups excluding tert-OH is 2. The van der Waals surface area contributed by atoms with E-state index in [2.05, 4.69) is 5.32 Å². The number of carbonyl (C=O) groups excluding carboxylic acids is 1. The van der Waals surface area contributed by atoms with Crippen LogP contribution < -0.4 is 5.32 Å². The van der Waals surface area contributed by atoms with Crippen LogP contribution in [0.3, 0.4) is 0 Å². The number of anilines is 1. The Morgan fingerprint density at radius 3 is 2.38 bits per heavy atom. The molecule has 0 heterocycles. The summed E-state index contributed by atoms with van der Waals surface area (Å²) in [5.74, 6) is -0.191. The molecular formula is C11H14ClNO3. The molecule has 0 fully saturated rings. The van der Waals surface area contributed by atoms with Crippen LogP contribution in [0.2, 0.25) is 0 Å². The number of carbonyl (C=O) groups is 1. The van der Waals surface area contributed by atoms with Gasteiger partial charge in [0.25, 0.3) is 0 Å². The summed E-state index contributed by atoms with van der Waals surface area (Å²) in [4.78, 5) is 10.8. The molecular weight excluding hydrogens is 230 g/mol. The van der Waals surface area contributed by atoms with Crippen LogP contribution in [0, 0.1) is 0 Å². The van der Waals surface area contributed by atoms with Gasteiger partial charge in [-0.05, 0) is 17.7 Å². The van der Waals surface area contributed by atoms with E-state index in [9.17, 15) is 15.0 Å². The van der Waals surface area contributed by atoms with Gasteiger partial charge in [0, 0.05) is 12.6 Å². The number of rotatable bonds is 4. The van der Waals surface area contributed by atoms with Crippen LogP contribution in [-0.4, -0.2) is 28.1 Å². The largest absolute Gasteiger partial charge is 0.389 e. The number of benzene rings is 1. The number of alkyl halides is 1. The summed E-state index contributed by atoms with van der Waals surface area (Å²) in [6.07, 6.45) is -2.00. The van der Waals surface area contributed by atoms with Crippen LogP contribution in [0.4, 0.5) is 5.69 Å². The quantitative estimate of drug-likeness (QED) is 0.698. The first-order valence-electron chi connectivity index (χ1n) is 4.84. The molecule has 0 aliphatic rings. The predicted octanol–water partition coefficient (Wildman–Crippen LogP) is 1.28. The van der Waals surface area contributed by atoms with Crippen LogP contribution in [0.25, 0.3) is 0 Å². The van der Waals surface area contributed by atoms with Gasteiger partial charge in [-0.25, -0.2) is 0 Å². The molecule has 0 bridgehead atoms. The highest BCUT2D eigenvalue weighted by Gasteiger charge is 2.16. The second-order valence-electron chi connectivity index (χ2n) is 3.47. The lowest BCUT2D eigenvalue weighted by molar-refractivity contribution is -0.114. The van der Waals surface area contributed by atoms with E-state index in [0.29, 0.717) is 11.3 Å². The van der Waals surface area contributed by atoms with Gasteiger partial charge in [-0.1, -0.05) is 12.1 Å². The van der Waals surface area contributed by atoms with Crippen molar-refractivity contribution in [2.45, 2.75) is 19.1 Å². The second-order valence-corrected chi connectivity index (χ2v) is 3.78. The van der Waals surface area contributed by atoms with Gasteiger partial charge in [0.15, 0.2) is 0 Å². The zero-order valence-corrected chi connectivity index (χ0v) is 9.61. The first-order valence-corrected chi connectivity index (χ1v) is 5.37. The smallest absolute Gasteiger partial charge is 0.221 e. The van der Waals surface area contributed by atoms with Crippen molar-refractivity contribution >= 4 is 23.2 Å². The molecule has 0 aromatic heterocycles. The van der Waals surface area contributed by atoms with E-state index >= 15 is 0 Å².